The summed E-state index contributed by atoms with van der Waals surface area (Å²) in [5.74, 6) is -0.667. The van der Waals surface area contributed by atoms with Crippen LogP contribution in [-0.4, -0.2) is 35.1 Å². The molecule has 1 heterocycles. The van der Waals surface area contributed by atoms with Crippen LogP contribution in [-0.2, 0) is 20.7 Å². The monoisotopic (exact) mass is 365 g/mol. The first-order valence-corrected chi connectivity index (χ1v) is 6.65. The fraction of sp³-hybridized carbons (Fsp3) is 0.500. The number of aromatic nitrogens is 1. The van der Waals surface area contributed by atoms with Crippen LogP contribution >= 0.6 is 22.6 Å². The lowest BCUT2D eigenvalue weighted by Crippen LogP contribution is -2.18. The molecule has 0 amide bonds. The summed E-state index contributed by atoms with van der Waals surface area (Å²) < 4.78 is 9.11. The van der Waals surface area contributed by atoms with Gasteiger partial charge in [0.1, 0.15) is 9.62 Å². The van der Waals surface area contributed by atoms with Gasteiger partial charge in [-0.2, -0.15) is 0 Å². The van der Waals surface area contributed by atoms with Gasteiger partial charge in [-0.15, -0.1) is 0 Å². The number of carbonyl (C=O) groups excluding carboxylic acids is 2. The van der Waals surface area contributed by atoms with Crippen molar-refractivity contribution in [3.63, 3.8) is 0 Å². The molecule has 0 radical (unpaired) electrons. The summed E-state index contributed by atoms with van der Waals surface area (Å²) in [5, 5.41) is 0. The predicted octanol–water partition coefficient (Wildman–Crippen LogP) is 1.94. The second kappa shape index (κ2) is 6.21. The Kier molecular flexibility index (Phi) is 5.18. The van der Waals surface area contributed by atoms with Crippen molar-refractivity contribution >= 4 is 34.5 Å². The van der Waals surface area contributed by atoms with E-state index in [2.05, 4.69) is 4.98 Å². The standard InChI is InChI=1S/C12H16INO4/c1-6-8(5-9(13)11(15)17-3)7(2)14-10(6)12(16)18-4/h9,14H,5H2,1-4H3. The molecule has 18 heavy (non-hydrogen) atoms. The summed E-state index contributed by atoms with van der Waals surface area (Å²) in [4.78, 5) is 25.9. The summed E-state index contributed by atoms with van der Waals surface area (Å²) >= 11 is 2.04. The quantitative estimate of drug-likeness (QED) is 0.503. The molecule has 0 aliphatic heterocycles. The number of aryl methyl sites for hydroxylation is 1. The fourth-order valence-corrected chi connectivity index (χ4v) is 2.49. The number of alkyl halides is 1. The molecule has 0 saturated heterocycles. The molecular weight excluding hydrogens is 349 g/mol. The zero-order valence-corrected chi connectivity index (χ0v) is 13.0. The zero-order valence-electron chi connectivity index (χ0n) is 10.8. The van der Waals surface area contributed by atoms with E-state index in [-0.39, 0.29) is 9.89 Å². The second-order valence-electron chi connectivity index (χ2n) is 3.91. The lowest BCUT2D eigenvalue weighted by atomic mass is 10.0. The number of carbonyl (C=O) groups is 2. The van der Waals surface area contributed by atoms with Gasteiger partial charge >= 0.3 is 11.9 Å². The molecule has 100 valence electrons. The highest BCUT2D eigenvalue weighted by Gasteiger charge is 2.22. The molecular formula is C12H16INO4. The van der Waals surface area contributed by atoms with Gasteiger partial charge in [0, 0.05) is 5.69 Å². The van der Waals surface area contributed by atoms with Gasteiger partial charge in [0.15, 0.2) is 0 Å². The highest BCUT2D eigenvalue weighted by atomic mass is 127. The van der Waals surface area contributed by atoms with Gasteiger partial charge in [-0.25, -0.2) is 4.79 Å². The van der Waals surface area contributed by atoms with Crippen LogP contribution in [0, 0.1) is 13.8 Å². The smallest absolute Gasteiger partial charge is 0.354 e. The highest BCUT2D eigenvalue weighted by Crippen LogP contribution is 2.22. The molecule has 6 heteroatoms. The van der Waals surface area contributed by atoms with Gasteiger partial charge in [0.25, 0.3) is 0 Å². The molecule has 1 aromatic rings. The number of methoxy groups -OCH3 is 2. The number of hydrogen-bond acceptors (Lipinski definition) is 4. The average Bonchev–Trinajstić information content (AvgIpc) is 2.64. The molecule has 0 fully saturated rings. The lowest BCUT2D eigenvalue weighted by Gasteiger charge is -2.08. The summed E-state index contributed by atoms with van der Waals surface area (Å²) in [6.07, 6.45) is 0.526. The van der Waals surface area contributed by atoms with E-state index in [9.17, 15) is 9.59 Å². The zero-order chi connectivity index (χ0) is 13.9. The first-order chi connectivity index (χ1) is 8.42. The number of H-pyrrole nitrogens is 1. The third-order valence-corrected chi connectivity index (χ3v) is 3.77. The summed E-state index contributed by atoms with van der Waals surface area (Å²) in [6, 6.07) is 0. The van der Waals surface area contributed by atoms with Crippen LogP contribution < -0.4 is 0 Å². The Balaban J connectivity index is 3.00. The van der Waals surface area contributed by atoms with Crippen molar-refractivity contribution in [2.75, 3.05) is 14.2 Å². The number of esters is 2. The van der Waals surface area contributed by atoms with Crippen LogP contribution in [0.1, 0.15) is 27.3 Å². The van der Waals surface area contributed by atoms with E-state index >= 15 is 0 Å². The molecule has 0 aromatic carbocycles. The molecule has 1 atom stereocenters. The van der Waals surface area contributed by atoms with Crippen LogP contribution in [0.15, 0.2) is 0 Å². The molecule has 0 aliphatic carbocycles. The number of nitrogens with one attached hydrogen (secondary N) is 1. The molecule has 1 N–H and O–H groups in total. The minimum atomic E-state index is -0.398. The SMILES string of the molecule is COC(=O)c1[nH]c(C)c(CC(I)C(=O)OC)c1C. The number of halogens is 1. The maximum atomic E-state index is 11.5. The lowest BCUT2D eigenvalue weighted by molar-refractivity contribution is -0.139. The summed E-state index contributed by atoms with van der Waals surface area (Å²) in [7, 11) is 2.71. The van der Waals surface area contributed by atoms with E-state index in [1.165, 1.54) is 14.2 Å². The van der Waals surface area contributed by atoms with E-state index in [1.807, 2.05) is 36.4 Å². The van der Waals surface area contributed by atoms with Gasteiger partial charge < -0.3 is 14.5 Å². The van der Waals surface area contributed by atoms with Crippen molar-refractivity contribution in [2.45, 2.75) is 24.2 Å². The van der Waals surface area contributed by atoms with Crippen LogP contribution in [0.2, 0.25) is 0 Å². The average molecular weight is 365 g/mol. The maximum absolute atomic E-state index is 11.5. The third-order valence-electron chi connectivity index (χ3n) is 2.82. The Morgan fingerprint density at radius 3 is 2.39 bits per heavy atom. The maximum Gasteiger partial charge on any atom is 0.354 e. The molecule has 1 unspecified atom stereocenters. The third kappa shape index (κ3) is 3.04. The van der Waals surface area contributed by atoms with Crippen molar-refractivity contribution in [2.24, 2.45) is 0 Å². The molecule has 0 aliphatic rings. The number of ether oxygens (including phenoxy) is 2. The number of aromatic amines is 1. The van der Waals surface area contributed by atoms with E-state index < -0.39 is 5.97 Å². The fourth-order valence-electron chi connectivity index (χ4n) is 1.79. The predicted molar refractivity (Wildman–Crippen MR) is 75.1 cm³/mol. The molecule has 0 saturated carbocycles. The summed E-state index contributed by atoms with van der Waals surface area (Å²) in [5.41, 5.74) is 3.10. The van der Waals surface area contributed by atoms with Crippen molar-refractivity contribution in [3.8, 4) is 0 Å². The Bertz CT molecular complexity index is 467. The molecule has 1 rings (SSSR count). The van der Waals surface area contributed by atoms with Gasteiger partial charge in [-0.1, -0.05) is 22.6 Å². The minimum Gasteiger partial charge on any atom is -0.468 e. The molecule has 5 nitrogen and oxygen atoms in total. The Morgan fingerprint density at radius 2 is 1.89 bits per heavy atom. The number of hydrogen-bond donors (Lipinski definition) is 1. The first-order valence-electron chi connectivity index (χ1n) is 5.40. The van der Waals surface area contributed by atoms with E-state index in [0.717, 1.165) is 16.8 Å². The first kappa shape index (κ1) is 15.0. The van der Waals surface area contributed by atoms with Crippen LogP contribution in [0.3, 0.4) is 0 Å². The minimum absolute atomic E-state index is 0.268. The van der Waals surface area contributed by atoms with E-state index in [0.29, 0.717) is 12.1 Å². The van der Waals surface area contributed by atoms with Gasteiger partial charge in [-0.05, 0) is 31.4 Å². The molecule has 0 bridgehead atoms. The largest absolute Gasteiger partial charge is 0.468 e. The normalized spacial score (nSPS) is 12.1. The Labute approximate surface area is 119 Å². The van der Waals surface area contributed by atoms with Gasteiger partial charge in [-0.3, -0.25) is 4.79 Å². The topological polar surface area (TPSA) is 68.4 Å². The Hall–Kier alpha value is -1.05. The number of rotatable bonds is 4. The second-order valence-corrected chi connectivity index (χ2v) is 5.42. The van der Waals surface area contributed by atoms with Crippen LogP contribution in [0.4, 0.5) is 0 Å². The molecule has 1 aromatic heterocycles. The summed E-state index contributed by atoms with van der Waals surface area (Å²) in [6.45, 7) is 3.71. The molecule has 0 spiro atoms. The van der Waals surface area contributed by atoms with Crippen molar-refractivity contribution in [1.29, 1.82) is 0 Å². The van der Waals surface area contributed by atoms with Crippen LogP contribution in [0.25, 0.3) is 0 Å². The van der Waals surface area contributed by atoms with Gasteiger partial charge in [0.05, 0.1) is 14.2 Å². The van der Waals surface area contributed by atoms with E-state index in [1.54, 1.807) is 0 Å². The van der Waals surface area contributed by atoms with Crippen LogP contribution in [0.5, 0.6) is 0 Å². The Morgan fingerprint density at radius 1 is 1.28 bits per heavy atom. The van der Waals surface area contributed by atoms with Crippen molar-refractivity contribution in [3.05, 3.63) is 22.5 Å². The van der Waals surface area contributed by atoms with Crippen molar-refractivity contribution < 1.29 is 19.1 Å². The van der Waals surface area contributed by atoms with Crippen molar-refractivity contribution in [1.82, 2.24) is 4.98 Å². The highest BCUT2D eigenvalue weighted by molar-refractivity contribution is 14.1. The van der Waals surface area contributed by atoms with Gasteiger partial charge in [0.2, 0.25) is 0 Å². The van der Waals surface area contributed by atoms with E-state index in [4.69, 9.17) is 9.47 Å².